The van der Waals surface area contributed by atoms with E-state index in [4.69, 9.17) is 0 Å². The first kappa shape index (κ1) is 22.0. The average molecular weight is 467 g/mol. The summed E-state index contributed by atoms with van der Waals surface area (Å²) in [7, 11) is -1.99. The second-order valence-corrected chi connectivity index (χ2v) is 10.3. The summed E-state index contributed by atoms with van der Waals surface area (Å²) in [6, 6.07) is 34.2. The lowest BCUT2D eigenvalue weighted by atomic mass is 9.91. The van der Waals surface area contributed by atoms with Gasteiger partial charge in [-0.15, -0.1) is 0 Å². The molecule has 1 aliphatic rings. The standard InChI is InChI=1S/C29H26N2O2S/c1-22-17-19-26(20-18-22)34(32,33)31-28(30(2)25-14-7-4-8-15-25)21-24-13-9-10-16-27(24)29(31)23-11-5-3-6-12-23/h3-21,29H,1-2H3/t29-/m0/s1. The van der Waals surface area contributed by atoms with E-state index in [2.05, 4.69) is 0 Å². The highest BCUT2D eigenvalue weighted by Crippen LogP contribution is 2.43. The van der Waals surface area contributed by atoms with Crippen LogP contribution in [0.3, 0.4) is 0 Å². The molecule has 0 amide bonds. The van der Waals surface area contributed by atoms with Crippen molar-refractivity contribution in [3.63, 3.8) is 0 Å². The highest BCUT2D eigenvalue weighted by Gasteiger charge is 2.40. The largest absolute Gasteiger partial charge is 0.330 e. The fourth-order valence-corrected chi connectivity index (χ4v) is 6.06. The molecule has 0 saturated carbocycles. The molecule has 5 rings (SSSR count). The van der Waals surface area contributed by atoms with Gasteiger partial charge in [-0.05, 0) is 54.0 Å². The molecule has 0 radical (unpaired) electrons. The molecule has 34 heavy (non-hydrogen) atoms. The van der Waals surface area contributed by atoms with Crippen LogP contribution < -0.4 is 4.90 Å². The van der Waals surface area contributed by atoms with Gasteiger partial charge in [0.1, 0.15) is 5.82 Å². The molecule has 170 valence electrons. The van der Waals surface area contributed by atoms with Gasteiger partial charge in [-0.1, -0.05) is 90.5 Å². The summed E-state index contributed by atoms with van der Waals surface area (Å²) in [5.41, 5.74) is 4.79. The number of aryl methyl sites for hydroxylation is 1. The van der Waals surface area contributed by atoms with Gasteiger partial charge in [-0.25, -0.2) is 12.7 Å². The summed E-state index contributed by atoms with van der Waals surface area (Å²) in [4.78, 5) is 2.21. The Hall–Kier alpha value is -3.83. The topological polar surface area (TPSA) is 40.6 Å². The molecule has 1 atom stereocenters. The Balaban J connectivity index is 1.78. The number of benzene rings is 4. The Morgan fingerprint density at radius 3 is 2.00 bits per heavy atom. The third-order valence-corrected chi connectivity index (χ3v) is 8.00. The van der Waals surface area contributed by atoms with Gasteiger partial charge in [0.2, 0.25) is 0 Å². The normalized spacial score (nSPS) is 15.4. The van der Waals surface area contributed by atoms with Crippen LogP contribution in [0.15, 0.2) is 120 Å². The molecule has 0 saturated heterocycles. The van der Waals surface area contributed by atoms with Crippen LogP contribution in [0.25, 0.3) is 6.08 Å². The first-order valence-corrected chi connectivity index (χ1v) is 12.7. The van der Waals surface area contributed by atoms with E-state index in [1.165, 1.54) is 0 Å². The van der Waals surface area contributed by atoms with E-state index >= 15 is 0 Å². The molecule has 0 unspecified atom stereocenters. The van der Waals surface area contributed by atoms with Crippen LogP contribution in [-0.4, -0.2) is 19.8 Å². The summed E-state index contributed by atoms with van der Waals surface area (Å²) in [6.07, 6.45) is 1.97. The summed E-state index contributed by atoms with van der Waals surface area (Å²) in [6.45, 7) is 1.95. The van der Waals surface area contributed by atoms with Crippen LogP contribution >= 0.6 is 0 Å². The zero-order chi connectivity index (χ0) is 23.7. The smallest absolute Gasteiger partial charge is 0.266 e. The van der Waals surface area contributed by atoms with Crippen LogP contribution in [0, 0.1) is 6.92 Å². The van der Waals surface area contributed by atoms with E-state index in [9.17, 15) is 8.42 Å². The Bertz CT molecular complexity index is 1430. The molecule has 4 aromatic carbocycles. The minimum Gasteiger partial charge on any atom is -0.330 e. The first-order chi connectivity index (χ1) is 16.5. The zero-order valence-corrected chi connectivity index (χ0v) is 20.0. The van der Waals surface area contributed by atoms with E-state index < -0.39 is 16.1 Å². The first-order valence-electron chi connectivity index (χ1n) is 11.2. The minimum absolute atomic E-state index is 0.269. The number of nitrogens with zero attached hydrogens (tertiary/aromatic N) is 2. The van der Waals surface area contributed by atoms with Gasteiger partial charge in [0.25, 0.3) is 10.0 Å². The summed E-state index contributed by atoms with van der Waals surface area (Å²) < 4.78 is 30.2. The van der Waals surface area contributed by atoms with E-state index in [0.717, 1.165) is 27.9 Å². The number of fused-ring (bicyclic) bond motifs is 1. The molecule has 0 N–H and O–H groups in total. The molecule has 0 bridgehead atoms. The van der Waals surface area contributed by atoms with Gasteiger partial charge in [-0.3, -0.25) is 0 Å². The maximum Gasteiger partial charge on any atom is 0.266 e. The van der Waals surface area contributed by atoms with Gasteiger partial charge in [-0.2, -0.15) is 0 Å². The van der Waals surface area contributed by atoms with Gasteiger partial charge in [0.15, 0.2) is 0 Å². The second-order valence-electron chi connectivity index (χ2n) is 8.45. The van der Waals surface area contributed by atoms with Crippen molar-refractivity contribution in [1.29, 1.82) is 0 Å². The van der Waals surface area contributed by atoms with Crippen LogP contribution in [0.1, 0.15) is 28.3 Å². The number of hydrogen-bond donors (Lipinski definition) is 0. The highest BCUT2D eigenvalue weighted by atomic mass is 32.2. The van der Waals surface area contributed by atoms with Gasteiger partial charge in [0.05, 0.1) is 10.9 Å². The predicted octanol–water partition coefficient (Wildman–Crippen LogP) is 6.22. The van der Waals surface area contributed by atoms with Crippen molar-refractivity contribution in [2.45, 2.75) is 17.9 Å². The number of hydrogen-bond acceptors (Lipinski definition) is 3. The van der Waals surface area contributed by atoms with Crippen molar-refractivity contribution in [3.05, 3.63) is 137 Å². The molecule has 1 heterocycles. The van der Waals surface area contributed by atoms with Gasteiger partial charge < -0.3 is 4.90 Å². The summed E-state index contributed by atoms with van der Waals surface area (Å²) >= 11 is 0. The number of para-hydroxylation sites is 1. The molecule has 0 fully saturated rings. The highest BCUT2D eigenvalue weighted by molar-refractivity contribution is 7.89. The molecule has 4 aromatic rings. The third-order valence-electron chi connectivity index (χ3n) is 6.22. The van der Waals surface area contributed by atoms with E-state index in [1.807, 2.05) is 122 Å². The lowest BCUT2D eigenvalue weighted by Crippen LogP contribution is -2.42. The van der Waals surface area contributed by atoms with E-state index in [-0.39, 0.29) is 4.90 Å². The molecule has 4 nitrogen and oxygen atoms in total. The van der Waals surface area contributed by atoms with Gasteiger partial charge in [0, 0.05) is 12.7 Å². The van der Waals surface area contributed by atoms with Crippen LogP contribution in [0.2, 0.25) is 0 Å². The van der Waals surface area contributed by atoms with Crippen LogP contribution in [0.4, 0.5) is 5.69 Å². The number of anilines is 1. The van der Waals surface area contributed by atoms with Gasteiger partial charge >= 0.3 is 0 Å². The average Bonchev–Trinajstić information content (AvgIpc) is 2.88. The molecule has 1 aliphatic heterocycles. The summed E-state index contributed by atoms with van der Waals surface area (Å²) in [5, 5.41) is 0. The molecule has 0 spiro atoms. The van der Waals surface area contributed by atoms with Crippen molar-refractivity contribution in [3.8, 4) is 0 Å². The fourth-order valence-electron chi connectivity index (χ4n) is 4.42. The van der Waals surface area contributed by atoms with Crippen molar-refractivity contribution < 1.29 is 8.42 Å². The Labute approximate surface area is 201 Å². The van der Waals surface area contributed by atoms with Crippen molar-refractivity contribution in [2.24, 2.45) is 0 Å². The summed E-state index contributed by atoms with van der Waals surface area (Å²) in [5.74, 6) is 0.597. The maximum atomic E-state index is 14.3. The predicted molar refractivity (Wildman–Crippen MR) is 138 cm³/mol. The maximum absolute atomic E-state index is 14.3. The third kappa shape index (κ3) is 3.88. The second kappa shape index (κ2) is 8.84. The quantitative estimate of drug-likeness (QED) is 0.350. The van der Waals surface area contributed by atoms with Crippen molar-refractivity contribution in [2.75, 3.05) is 11.9 Å². The van der Waals surface area contributed by atoms with Crippen LogP contribution in [-0.2, 0) is 10.0 Å². The molecule has 5 heteroatoms. The zero-order valence-electron chi connectivity index (χ0n) is 19.2. The Morgan fingerprint density at radius 1 is 0.735 bits per heavy atom. The lowest BCUT2D eigenvalue weighted by molar-refractivity contribution is 0.413. The molecular weight excluding hydrogens is 440 g/mol. The monoisotopic (exact) mass is 466 g/mol. The van der Waals surface area contributed by atoms with Crippen molar-refractivity contribution >= 4 is 21.8 Å². The molecular formula is C29H26N2O2S. The number of rotatable bonds is 5. The number of sulfonamides is 1. The minimum atomic E-state index is -3.90. The van der Waals surface area contributed by atoms with E-state index in [0.29, 0.717) is 5.82 Å². The SMILES string of the molecule is Cc1ccc(S(=O)(=O)N2C(N(C)c3ccccc3)=Cc3ccccc3[C@@H]2c2ccccc2)cc1. The van der Waals surface area contributed by atoms with Crippen LogP contribution in [0.5, 0.6) is 0 Å². The van der Waals surface area contributed by atoms with Crippen molar-refractivity contribution in [1.82, 2.24) is 4.31 Å². The molecule has 0 aliphatic carbocycles. The fraction of sp³-hybridized carbons (Fsp3) is 0.103. The Morgan fingerprint density at radius 2 is 1.32 bits per heavy atom. The molecule has 0 aromatic heterocycles. The lowest BCUT2D eigenvalue weighted by Gasteiger charge is -2.42. The van der Waals surface area contributed by atoms with E-state index in [1.54, 1.807) is 16.4 Å². The Kier molecular flexibility index (Phi) is 5.72.